The fraction of sp³-hybridized carbons (Fsp3) is 0.571. The summed E-state index contributed by atoms with van der Waals surface area (Å²) in [5, 5.41) is 0. The molecule has 106 valence electrons. The van der Waals surface area contributed by atoms with Gasteiger partial charge in [0.05, 0.1) is 4.90 Å². The Morgan fingerprint density at radius 1 is 1.16 bits per heavy atom. The third-order valence-electron chi connectivity index (χ3n) is 3.91. The first kappa shape index (κ1) is 14.5. The normalized spacial score (nSPS) is 24.4. The van der Waals surface area contributed by atoms with Crippen LogP contribution in [-0.2, 0) is 10.0 Å². The van der Waals surface area contributed by atoms with Gasteiger partial charge in [-0.3, -0.25) is 0 Å². The Morgan fingerprint density at radius 3 is 2.47 bits per heavy atom. The molecule has 0 saturated heterocycles. The first-order valence-corrected chi connectivity index (χ1v) is 8.23. The van der Waals surface area contributed by atoms with Crippen LogP contribution in [0.2, 0.25) is 0 Å². The van der Waals surface area contributed by atoms with Crippen LogP contribution in [0.4, 0.5) is 0 Å². The monoisotopic (exact) mass is 282 g/mol. The van der Waals surface area contributed by atoms with E-state index in [0.717, 1.165) is 36.8 Å². The van der Waals surface area contributed by atoms with Gasteiger partial charge in [0.15, 0.2) is 0 Å². The minimum absolute atomic E-state index is 0.0740. The Morgan fingerprint density at radius 2 is 1.84 bits per heavy atom. The number of nitrogens with one attached hydrogen (secondary N) is 1. The Labute approximate surface area is 115 Å². The summed E-state index contributed by atoms with van der Waals surface area (Å²) in [6.45, 7) is 3.89. The molecule has 4 nitrogen and oxygen atoms in total. The van der Waals surface area contributed by atoms with E-state index in [1.807, 2.05) is 19.9 Å². The van der Waals surface area contributed by atoms with Gasteiger partial charge in [0, 0.05) is 12.1 Å². The van der Waals surface area contributed by atoms with E-state index in [1.165, 1.54) is 0 Å². The molecule has 1 aliphatic carbocycles. The van der Waals surface area contributed by atoms with Gasteiger partial charge in [-0.15, -0.1) is 0 Å². The van der Waals surface area contributed by atoms with Gasteiger partial charge in [-0.25, -0.2) is 13.1 Å². The van der Waals surface area contributed by atoms with Crippen LogP contribution in [0.5, 0.6) is 0 Å². The van der Waals surface area contributed by atoms with Crippen LogP contribution in [0.3, 0.4) is 0 Å². The molecule has 2 unspecified atom stereocenters. The molecule has 1 aromatic carbocycles. The topological polar surface area (TPSA) is 72.2 Å². The number of sulfonamides is 1. The highest BCUT2D eigenvalue weighted by molar-refractivity contribution is 7.89. The van der Waals surface area contributed by atoms with E-state index >= 15 is 0 Å². The van der Waals surface area contributed by atoms with Crippen molar-refractivity contribution in [1.82, 2.24) is 4.72 Å². The number of aryl methyl sites for hydroxylation is 2. The Balaban J connectivity index is 2.19. The number of hydrogen-bond donors (Lipinski definition) is 2. The van der Waals surface area contributed by atoms with Crippen LogP contribution in [0, 0.1) is 13.8 Å². The Bertz CT molecular complexity index is 555. The van der Waals surface area contributed by atoms with Crippen molar-refractivity contribution in [3.63, 3.8) is 0 Å². The van der Waals surface area contributed by atoms with E-state index in [2.05, 4.69) is 4.72 Å². The van der Waals surface area contributed by atoms with Gasteiger partial charge >= 0.3 is 0 Å². The summed E-state index contributed by atoms with van der Waals surface area (Å²) >= 11 is 0. The number of hydrogen-bond acceptors (Lipinski definition) is 3. The highest BCUT2D eigenvalue weighted by Gasteiger charge is 2.27. The maximum atomic E-state index is 12.3. The highest BCUT2D eigenvalue weighted by Crippen LogP contribution is 2.20. The summed E-state index contributed by atoms with van der Waals surface area (Å²) in [6, 6.07) is 4.99. The summed E-state index contributed by atoms with van der Waals surface area (Å²) in [5.41, 5.74) is 8.06. The molecule has 0 aromatic heterocycles. The first-order chi connectivity index (χ1) is 8.90. The minimum Gasteiger partial charge on any atom is -0.326 e. The van der Waals surface area contributed by atoms with E-state index in [0.29, 0.717) is 4.90 Å². The van der Waals surface area contributed by atoms with Crippen molar-refractivity contribution in [2.45, 2.75) is 56.5 Å². The minimum atomic E-state index is -3.46. The largest absolute Gasteiger partial charge is 0.326 e. The second kappa shape index (κ2) is 5.61. The zero-order valence-corrected chi connectivity index (χ0v) is 12.3. The van der Waals surface area contributed by atoms with Crippen LogP contribution < -0.4 is 10.5 Å². The van der Waals surface area contributed by atoms with Gasteiger partial charge in [0.1, 0.15) is 0 Å². The lowest BCUT2D eigenvalue weighted by molar-refractivity contribution is 0.361. The molecule has 0 bridgehead atoms. The molecule has 2 rings (SSSR count). The van der Waals surface area contributed by atoms with Crippen molar-refractivity contribution in [3.8, 4) is 0 Å². The Kier molecular flexibility index (Phi) is 4.28. The van der Waals surface area contributed by atoms with E-state index in [-0.39, 0.29) is 12.1 Å². The van der Waals surface area contributed by atoms with Crippen molar-refractivity contribution in [3.05, 3.63) is 29.3 Å². The van der Waals surface area contributed by atoms with Crippen LogP contribution in [0.25, 0.3) is 0 Å². The van der Waals surface area contributed by atoms with E-state index in [9.17, 15) is 8.42 Å². The molecular weight excluding hydrogens is 260 g/mol. The fourth-order valence-electron chi connectivity index (χ4n) is 2.45. The summed E-state index contributed by atoms with van der Waals surface area (Å²) in [4.78, 5) is 0.327. The average Bonchev–Trinajstić information content (AvgIpc) is 2.35. The van der Waals surface area contributed by atoms with E-state index < -0.39 is 10.0 Å². The quantitative estimate of drug-likeness (QED) is 0.888. The molecular formula is C14H22N2O2S. The standard InChI is InChI=1S/C14H22N2O2S/c1-10-7-8-12(9-11(10)2)19(17,18)16-14-6-4-3-5-13(14)15/h7-9,13-14,16H,3-6,15H2,1-2H3. The van der Waals surface area contributed by atoms with Crippen LogP contribution in [0.1, 0.15) is 36.8 Å². The highest BCUT2D eigenvalue weighted by atomic mass is 32.2. The number of nitrogens with two attached hydrogens (primary N) is 1. The number of rotatable bonds is 3. The third-order valence-corrected chi connectivity index (χ3v) is 5.40. The zero-order chi connectivity index (χ0) is 14.0. The fourth-order valence-corrected chi connectivity index (χ4v) is 3.86. The van der Waals surface area contributed by atoms with Crippen LogP contribution in [0.15, 0.2) is 23.1 Å². The molecule has 1 aromatic rings. The van der Waals surface area contributed by atoms with Crippen LogP contribution >= 0.6 is 0 Å². The van der Waals surface area contributed by atoms with Crippen LogP contribution in [-0.4, -0.2) is 20.5 Å². The van der Waals surface area contributed by atoms with Gasteiger partial charge in [-0.2, -0.15) is 0 Å². The predicted octanol–water partition coefficient (Wildman–Crippen LogP) is 1.85. The van der Waals surface area contributed by atoms with Gasteiger partial charge in [-0.05, 0) is 49.9 Å². The molecule has 0 radical (unpaired) electrons. The molecule has 1 aliphatic rings. The van der Waals surface area contributed by atoms with Crippen molar-refractivity contribution in [2.75, 3.05) is 0 Å². The molecule has 2 atom stereocenters. The molecule has 19 heavy (non-hydrogen) atoms. The molecule has 1 fully saturated rings. The van der Waals surface area contributed by atoms with Crippen molar-refractivity contribution < 1.29 is 8.42 Å². The molecule has 0 heterocycles. The molecule has 3 N–H and O–H groups in total. The van der Waals surface area contributed by atoms with E-state index in [4.69, 9.17) is 5.73 Å². The maximum absolute atomic E-state index is 12.3. The predicted molar refractivity (Wildman–Crippen MR) is 76.5 cm³/mol. The first-order valence-electron chi connectivity index (χ1n) is 6.75. The summed E-state index contributed by atoms with van der Waals surface area (Å²) in [6.07, 6.45) is 3.84. The maximum Gasteiger partial charge on any atom is 0.240 e. The second-order valence-electron chi connectivity index (χ2n) is 5.42. The third kappa shape index (κ3) is 3.35. The van der Waals surface area contributed by atoms with Crippen molar-refractivity contribution in [1.29, 1.82) is 0 Å². The molecule has 1 saturated carbocycles. The Hall–Kier alpha value is -0.910. The van der Waals surface area contributed by atoms with E-state index in [1.54, 1.807) is 12.1 Å². The summed E-state index contributed by atoms with van der Waals surface area (Å²) in [5.74, 6) is 0. The van der Waals surface area contributed by atoms with Crippen molar-refractivity contribution >= 4 is 10.0 Å². The van der Waals surface area contributed by atoms with Gasteiger partial charge in [0.25, 0.3) is 0 Å². The molecule has 5 heteroatoms. The number of benzene rings is 1. The van der Waals surface area contributed by atoms with Gasteiger partial charge in [-0.1, -0.05) is 18.9 Å². The summed E-state index contributed by atoms with van der Waals surface area (Å²) < 4.78 is 27.4. The lowest BCUT2D eigenvalue weighted by atomic mass is 9.92. The average molecular weight is 282 g/mol. The second-order valence-corrected chi connectivity index (χ2v) is 7.14. The lowest BCUT2D eigenvalue weighted by Gasteiger charge is -2.29. The smallest absolute Gasteiger partial charge is 0.240 e. The summed E-state index contributed by atoms with van der Waals surface area (Å²) in [7, 11) is -3.46. The SMILES string of the molecule is Cc1ccc(S(=O)(=O)NC2CCCCC2N)cc1C. The molecule has 0 aliphatic heterocycles. The molecule has 0 spiro atoms. The molecule has 0 amide bonds. The van der Waals surface area contributed by atoms with Gasteiger partial charge in [0.2, 0.25) is 10.0 Å². The lowest BCUT2D eigenvalue weighted by Crippen LogP contribution is -2.49. The zero-order valence-electron chi connectivity index (χ0n) is 11.5. The van der Waals surface area contributed by atoms with Gasteiger partial charge < -0.3 is 5.73 Å². The van der Waals surface area contributed by atoms with Crippen molar-refractivity contribution in [2.24, 2.45) is 5.73 Å².